The summed E-state index contributed by atoms with van der Waals surface area (Å²) in [6, 6.07) is 0. The van der Waals surface area contributed by atoms with E-state index in [1.807, 2.05) is 13.8 Å². The van der Waals surface area contributed by atoms with Crippen LogP contribution in [0.1, 0.15) is 30.7 Å². The van der Waals surface area contributed by atoms with Crippen molar-refractivity contribution in [3.05, 3.63) is 17.6 Å². The minimum absolute atomic E-state index is 0.388. The number of ether oxygens (including phenoxy) is 1. The molecule has 0 aliphatic carbocycles. The fourth-order valence-corrected chi connectivity index (χ4v) is 2.82. The number of primary amides is 1. The van der Waals surface area contributed by atoms with E-state index in [2.05, 4.69) is 24.9 Å². The number of nitrogens with zero attached hydrogens (tertiary/aromatic N) is 3. The zero-order valence-electron chi connectivity index (χ0n) is 14.2. The second kappa shape index (κ2) is 8.47. The third-order valence-corrected chi connectivity index (χ3v) is 4.13. The first kappa shape index (κ1) is 18.0. The minimum Gasteiger partial charge on any atom is -0.439 e. The van der Waals surface area contributed by atoms with Crippen molar-refractivity contribution in [1.29, 1.82) is 0 Å². The topological polar surface area (TPSA) is 110 Å². The van der Waals surface area contributed by atoms with Crippen molar-refractivity contribution in [2.75, 3.05) is 31.1 Å². The zero-order valence-corrected chi connectivity index (χ0v) is 14.2. The first-order valence-electron chi connectivity index (χ1n) is 8.20. The molecule has 0 spiro atoms. The molecule has 0 saturated carbocycles. The third kappa shape index (κ3) is 5.36. The van der Waals surface area contributed by atoms with Gasteiger partial charge in [-0.3, -0.25) is 9.78 Å². The lowest BCUT2D eigenvalue weighted by Gasteiger charge is -2.33. The number of aryl methyl sites for hydroxylation is 2. The zero-order chi connectivity index (χ0) is 17.5. The van der Waals surface area contributed by atoms with Gasteiger partial charge in [0.15, 0.2) is 6.61 Å². The van der Waals surface area contributed by atoms with Gasteiger partial charge in [-0.15, -0.1) is 0 Å². The number of rotatable bonds is 6. The summed E-state index contributed by atoms with van der Waals surface area (Å²) in [5.41, 5.74) is 6.79. The molecule has 0 aromatic carbocycles. The molecular formula is C16H25N5O3. The molecule has 1 saturated heterocycles. The van der Waals surface area contributed by atoms with Gasteiger partial charge in [-0.05, 0) is 39.0 Å². The smallest absolute Gasteiger partial charge is 0.407 e. The van der Waals surface area contributed by atoms with Crippen LogP contribution >= 0.6 is 0 Å². The van der Waals surface area contributed by atoms with Crippen molar-refractivity contribution in [3.8, 4) is 0 Å². The van der Waals surface area contributed by atoms with E-state index >= 15 is 0 Å². The van der Waals surface area contributed by atoms with E-state index in [1.165, 1.54) is 0 Å². The van der Waals surface area contributed by atoms with E-state index in [9.17, 15) is 9.59 Å². The second-order valence-corrected chi connectivity index (χ2v) is 6.11. The van der Waals surface area contributed by atoms with Crippen LogP contribution in [0.4, 0.5) is 10.6 Å². The summed E-state index contributed by atoms with van der Waals surface area (Å²) in [6.07, 6.45) is 4.17. The largest absolute Gasteiger partial charge is 0.439 e. The molecule has 132 valence electrons. The van der Waals surface area contributed by atoms with Gasteiger partial charge in [0.25, 0.3) is 5.91 Å². The number of alkyl carbamates (subject to hydrolysis) is 1. The molecule has 1 fully saturated rings. The van der Waals surface area contributed by atoms with Crippen LogP contribution in [-0.4, -0.2) is 48.2 Å². The van der Waals surface area contributed by atoms with Gasteiger partial charge in [-0.25, -0.2) is 9.78 Å². The van der Waals surface area contributed by atoms with Gasteiger partial charge in [0, 0.05) is 25.8 Å². The average Bonchev–Trinajstić information content (AvgIpc) is 2.56. The standard InChI is InChI=1S/C16H25N5O3/c1-11-9-19-12(2)15(20-11)21-7-4-13(5-8-21)3-6-18-16(23)24-10-14(17)22/h9,13H,3-8,10H2,1-2H3,(H2,17,22)(H,18,23). The lowest BCUT2D eigenvalue weighted by Crippen LogP contribution is -2.36. The molecule has 0 bridgehead atoms. The molecular weight excluding hydrogens is 310 g/mol. The Bertz CT molecular complexity index is 585. The molecule has 8 heteroatoms. The summed E-state index contributed by atoms with van der Waals surface area (Å²) in [5.74, 6) is 0.865. The molecule has 8 nitrogen and oxygen atoms in total. The lowest BCUT2D eigenvalue weighted by atomic mass is 9.93. The highest BCUT2D eigenvalue weighted by atomic mass is 16.6. The van der Waals surface area contributed by atoms with Gasteiger partial charge in [-0.1, -0.05) is 0 Å². The summed E-state index contributed by atoms with van der Waals surface area (Å²) in [7, 11) is 0. The van der Waals surface area contributed by atoms with Gasteiger partial charge in [0.1, 0.15) is 5.82 Å². The third-order valence-electron chi connectivity index (χ3n) is 4.13. The monoisotopic (exact) mass is 335 g/mol. The Hall–Kier alpha value is -2.38. The number of amides is 2. The summed E-state index contributed by atoms with van der Waals surface area (Å²) in [6.45, 7) is 5.96. The van der Waals surface area contributed by atoms with Crippen LogP contribution in [0, 0.1) is 19.8 Å². The van der Waals surface area contributed by atoms with Crippen molar-refractivity contribution >= 4 is 17.8 Å². The van der Waals surface area contributed by atoms with E-state index in [0.717, 1.165) is 49.6 Å². The number of nitrogens with one attached hydrogen (secondary N) is 1. The van der Waals surface area contributed by atoms with Crippen molar-refractivity contribution in [2.45, 2.75) is 33.1 Å². The average molecular weight is 335 g/mol. The SMILES string of the molecule is Cc1cnc(C)c(N2CCC(CCNC(=O)OCC(N)=O)CC2)n1. The second-order valence-electron chi connectivity index (χ2n) is 6.11. The summed E-state index contributed by atoms with van der Waals surface area (Å²) < 4.78 is 4.64. The van der Waals surface area contributed by atoms with Crippen LogP contribution in [0.5, 0.6) is 0 Å². The fourth-order valence-electron chi connectivity index (χ4n) is 2.82. The molecule has 1 aliphatic heterocycles. The lowest BCUT2D eigenvalue weighted by molar-refractivity contribution is -0.120. The van der Waals surface area contributed by atoms with Crippen LogP contribution in [0.2, 0.25) is 0 Å². The normalized spacial score (nSPS) is 15.2. The molecule has 0 radical (unpaired) electrons. The number of hydrogen-bond acceptors (Lipinski definition) is 6. The van der Waals surface area contributed by atoms with Gasteiger partial charge in [0.2, 0.25) is 0 Å². The van der Waals surface area contributed by atoms with E-state index in [1.54, 1.807) is 6.20 Å². The molecule has 3 N–H and O–H groups in total. The van der Waals surface area contributed by atoms with E-state index < -0.39 is 12.0 Å². The van der Waals surface area contributed by atoms with Crippen molar-refractivity contribution < 1.29 is 14.3 Å². The predicted octanol–water partition coefficient (Wildman–Crippen LogP) is 0.911. The number of anilines is 1. The summed E-state index contributed by atoms with van der Waals surface area (Å²) in [4.78, 5) is 33.1. The van der Waals surface area contributed by atoms with E-state index in [-0.39, 0.29) is 6.61 Å². The van der Waals surface area contributed by atoms with Gasteiger partial charge >= 0.3 is 6.09 Å². The van der Waals surface area contributed by atoms with Gasteiger partial charge in [-0.2, -0.15) is 0 Å². The highest BCUT2D eigenvalue weighted by molar-refractivity contribution is 5.78. The minimum atomic E-state index is -0.660. The number of hydrogen-bond donors (Lipinski definition) is 2. The Morgan fingerprint density at radius 2 is 2.08 bits per heavy atom. The fraction of sp³-hybridized carbons (Fsp3) is 0.625. The van der Waals surface area contributed by atoms with Crippen molar-refractivity contribution in [1.82, 2.24) is 15.3 Å². The molecule has 1 aromatic heterocycles. The van der Waals surface area contributed by atoms with Crippen molar-refractivity contribution in [2.24, 2.45) is 11.7 Å². The molecule has 2 heterocycles. The van der Waals surface area contributed by atoms with Crippen LogP contribution < -0.4 is 16.0 Å². The number of carbonyl (C=O) groups is 2. The molecule has 1 aromatic rings. The van der Waals surface area contributed by atoms with E-state index in [4.69, 9.17) is 5.73 Å². The van der Waals surface area contributed by atoms with Crippen LogP contribution in [0.25, 0.3) is 0 Å². The molecule has 24 heavy (non-hydrogen) atoms. The Morgan fingerprint density at radius 3 is 2.75 bits per heavy atom. The van der Waals surface area contributed by atoms with Crippen LogP contribution in [-0.2, 0) is 9.53 Å². The summed E-state index contributed by atoms with van der Waals surface area (Å²) >= 11 is 0. The van der Waals surface area contributed by atoms with Crippen molar-refractivity contribution in [3.63, 3.8) is 0 Å². The van der Waals surface area contributed by atoms with Gasteiger partial charge in [0.05, 0.1) is 11.4 Å². The maximum Gasteiger partial charge on any atom is 0.407 e. The maximum atomic E-state index is 11.3. The number of carbonyl (C=O) groups excluding carboxylic acids is 2. The molecule has 0 unspecified atom stereocenters. The Morgan fingerprint density at radius 1 is 1.38 bits per heavy atom. The molecule has 1 aliphatic rings. The number of aromatic nitrogens is 2. The van der Waals surface area contributed by atoms with E-state index in [0.29, 0.717) is 12.5 Å². The Kier molecular flexibility index (Phi) is 6.34. The number of piperidine rings is 1. The van der Waals surface area contributed by atoms with Crippen LogP contribution in [0.3, 0.4) is 0 Å². The molecule has 0 atom stereocenters. The van der Waals surface area contributed by atoms with Crippen LogP contribution in [0.15, 0.2) is 6.20 Å². The first-order chi connectivity index (χ1) is 11.5. The highest BCUT2D eigenvalue weighted by Gasteiger charge is 2.21. The number of nitrogens with two attached hydrogens (primary N) is 1. The first-order valence-corrected chi connectivity index (χ1v) is 8.20. The maximum absolute atomic E-state index is 11.3. The predicted molar refractivity (Wildman–Crippen MR) is 89.6 cm³/mol. The Balaban J connectivity index is 1.70. The van der Waals surface area contributed by atoms with Gasteiger partial charge < -0.3 is 20.7 Å². The summed E-state index contributed by atoms with van der Waals surface area (Å²) in [5, 5.41) is 2.64. The molecule has 2 rings (SSSR count). The Labute approximate surface area is 141 Å². The quantitative estimate of drug-likeness (QED) is 0.799. The highest BCUT2D eigenvalue weighted by Crippen LogP contribution is 2.25. The molecule has 2 amide bonds.